The van der Waals surface area contributed by atoms with Crippen molar-refractivity contribution in [1.82, 2.24) is 5.32 Å². The highest BCUT2D eigenvalue weighted by molar-refractivity contribution is 5.87. The van der Waals surface area contributed by atoms with Crippen molar-refractivity contribution >= 4 is 12.2 Å². The summed E-state index contributed by atoms with van der Waals surface area (Å²) >= 11 is 0. The molecule has 0 saturated heterocycles. The molecule has 0 heterocycles. The normalized spacial score (nSPS) is 12.7. The third kappa shape index (κ3) is 3.48. The van der Waals surface area contributed by atoms with Crippen LogP contribution in [0.3, 0.4) is 0 Å². The van der Waals surface area contributed by atoms with Crippen molar-refractivity contribution in [3.63, 3.8) is 0 Å². The molecule has 0 aromatic rings. The Morgan fingerprint density at radius 1 is 1.58 bits per heavy atom. The number of rotatable bonds is 6. The predicted molar refractivity (Wildman–Crippen MR) is 46.5 cm³/mol. The Morgan fingerprint density at radius 3 is 2.50 bits per heavy atom. The van der Waals surface area contributed by atoms with Crippen LogP contribution in [0.15, 0.2) is 0 Å². The van der Waals surface area contributed by atoms with E-state index in [9.17, 15) is 9.59 Å². The summed E-state index contributed by atoms with van der Waals surface area (Å²) in [5.74, 6) is -0.0263. The average molecular weight is 172 g/mol. The fourth-order valence-corrected chi connectivity index (χ4v) is 0.959. The number of hydrogen-bond donors (Lipinski definition) is 2. The first-order chi connectivity index (χ1) is 5.63. The maximum Gasteiger partial charge on any atom is 0.207 e. The summed E-state index contributed by atoms with van der Waals surface area (Å²) in [4.78, 5) is 21.5. The number of ketones is 1. The van der Waals surface area contributed by atoms with Gasteiger partial charge in [0.2, 0.25) is 6.41 Å². The van der Waals surface area contributed by atoms with Gasteiger partial charge in [0.15, 0.2) is 5.78 Å². The molecule has 0 radical (unpaired) electrons. The zero-order valence-electron chi connectivity index (χ0n) is 7.54. The van der Waals surface area contributed by atoms with Crippen LogP contribution in [-0.2, 0) is 9.59 Å². The molecule has 1 unspecified atom stereocenters. The third-order valence-corrected chi connectivity index (χ3v) is 1.64. The Labute approximate surface area is 72.5 Å². The number of Topliss-reactive ketones (excluding diaryl/α,β-unsaturated/α-hetero) is 1. The lowest BCUT2D eigenvalue weighted by atomic mass is 9.99. The molecule has 0 rings (SSSR count). The molecule has 1 amide bonds. The molecule has 70 valence electrons. The van der Waals surface area contributed by atoms with Crippen LogP contribution in [-0.4, -0.2) is 24.8 Å². The van der Waals surface area contributed by atoms with Crippen LogP contribution in [0.2, 0.25) is 0 Å². The van der Waals surface area contributed by atoms with Gasteiger partial charge in [-0.2, -0.15) is 0 Å². The first-order valence-electron chi connectivity index (χ1n) is 4.07. The molecule has 0 spiro atoms. The Balaban J connectivity index is 4.08. The van der Waals surface area contributed by atoms with Crippen molar-refractivity contribution in [2.24, 2.45) is 11.7 Å². The molecule has 0 aromatic carbocycles. The molecular formula is C8H16N2O2. The second-order valence-electron chi connectivity index (χ2n) is 2.97. The van der Waals surface area contributed by atoms with Crippen molar-refractivity contribution in [3.8, 4) is 0 Å². The van der Waals surface area contributed by atoms with E-state index >= 15 is 0 Å². The smallest absolute Gasteiger partial charge is 0.207 e. The van der Waals surface area contributed by atoms with E-state index in [4.69, 9.17) is 5.73 Å². The molecule has 0 fully saturated rings. The van der Waals surface area contributed by atoms with E-state index in [2.05, 4.69) is 5.32 Å². The molecule has 12 heavy (non-hydrogen) atoms. The topological polar surface area (TPSA) is 72.2 Å². The van der Waals surface area contributed by atoms with E-state index in [1.807, 2.05) is 0 Å². The van der Waals surface area contributed by atoms with E-state index in [-0.39, 0.29) is 11.7 Å². The Bertz CT molecular complexity index is 157. The quantitative estimate of drug-likeness (QED) is 0.539. The number of carbonyl (C=O) groups excluding carboxylic acids is 2. The first-order valence-corrected chi connectivity index (χ1v) is 4.07. The monoisotopic (exact) mass is 172 g/mol. The number of carbonyl (C=O) groups is 2. The van der Waals surface area contributed by atoms with Gasteiger partial charge in [0.05, 0.1) is 6.04 Å². The van der Waals surface area contributed by atoms with Crippen LogP contribution in [0.25, 0.3) is 0 Å². The summed E-state index contributed by atoms with van der Waals surface area (Å²) in [5, 5.41) is 2.45. The van der Waals surface area contributed by atoms with Gasteiger partial charge < -0.3 is 11.1 Å². The van der Waals surface area contributed by atoms with Gasteiger partial charge in [-0.25, -0.2) is 0 Å². The van der Waals surface area contributed by atoms with Crippen LogP contribution in [0.1, 0.15) is 20.3 Å². The minimum Gasteiger partial charge on any atom is -0.349 e. The molecule has 4 heteroatoms. The van der Waals surface area contributed by atoms with Gasteiger partial charge in [-0.3, -0.25) is 9.59 Å². The number of nitrogens with one attached hydrogen (secondary N) is 1. The SMILES string of the molecule is CC(C)C(=O)C(CCN)NC=O. The second kappa shape index (κ2) is 5.71. The zero-order valence-corrected chi connectivity index (χ0v) is 7.54. The second-order valence-corrected chi connectivity index (χ2v) is 2.97. The van der Waals surface area contributed by atoms with Gasteiger partial charge in [-0.05, 0) is 13.0 Å². The Hall–Kier alpha value is -0.900. The van der Waals surface area contributed by atoms with Crippen LogP contribution >= 0.6 is 0 Å². The lowest BCUT2D eigenvalue weighted by Gasteiger charge is -2.15. The van der Waals surface area contributed by atoms with E-state index in [0.29, 0.717) is 19.4 Å². The molecule has 0 aliphatic carbocycles. The number of nitrogens with two attached hydrogens (primary N) is 1. The number of hydrogen-bond acceptors (Lipinski definition) is 3. The predicted octanol–water partition coefficient (Wildman–Crippen LogP) is -0.325. The highest BCUT2D eigenvalue weighted by Gasteiger charge is 2.18. The highest BCUT2D eigenvalue weighted by Crippen LogP contribution is 2.01. The standard InChI is InChI=1S/C8H16N2O2/c1-6(2)8(12)7(3-4-9)10-5-11/h5-7H,3-4,9H2,1-2H3,(H,10,11). The maximum atomic E-state index is 11.3. The highest BCUT2D eigenvalue weighted by atomic mass is 16.1. The summed E-state index contributed by atoms with van der Waals surface area (Å²) < 4.78 is 0. The molecule has 0 aliphatic heterocycles. The summed E-state index contributed by atoms with van der Waals surface area (Å²) in [7, 11) is 0. The minimum atomic E-state index is -0.410. The minimum absolute atomic E-state index is 0.0348. The van der Waals surface area contributed by atoms with Gasteiger partial charge in [-0.15, -0.1) is 0 Å². The van der Waals surface area contributed by atoms with E-state index < -0.39 is 6.04 Å². The molecule has 3 N–H and O–H groups in total. The van der Waals surface area contributed by atoms with E-state index in [1.165, 1.54) is 0 Å². The Morgan fingerprint density at radius 2 is 2.17 bits per heavy atom. The fourth-order valence-electron chi connectivity index (χ4n) is 0.959. The first kappa shape index (κ1) is 11.1. The van der Waals surface area contributed by atoms with E-state index in [0.717, 1.165) is 0 Å². The molecule has 0 aromatic heterocycles. The van der Waals surface area contributed by atoms with Crippen LogP contribution in [0.5, 0.6) is 0 Å². The van der Waals surface area contributed by atoms with Gasteiger partial charge in [-0.1, -0.05) is 13.8 Å². The summed E-state index contributed by atoms with van der Waals surface area (Å²) in [6.45, 7) is 4.01. The van der Waals surface area contributed by atoms with Gasteiger partial charge in [0, 0.05) is 5.92 Å². The third-order valence-electron chi connectivity index (χ3n) is 1.64. The molecule has 4 nitrogen and oxygen atoms in total. The lowest BCUT2D eigenvalue weighted by Crippen LogP contribution is -2.39. The average Bonchev–Trinajstić information content (AvgIpc) is 2.03. The molecule has 1 atom stereocenters. The molecule has 0 aliphatic rings. The van der Waals surface area contributed by atoms with Crippen molar-refractivity contribution in [2.45, 2.75) is 26.3 Å². The molecule has 0 saturated carbocycles. The largest absolute Gasteiger partial charge is 0.349 e. The van der Waals surface area contributed by atoms with Crippen molar-refractivity contribution in [3.05, 3.63) is 0 Å². The molecule has 0 bridgehead atoms. The zero-order chi connectivity index (χ0) is 9.56. The number of amides is 1. The summed E-state index contributed by atoms with van der Waals surface area (Å²) in [5.41, 5.74) is 5.29. The van der Waals surface area contributed by atoms with Gasteiger partial charge >= 0.3 is 0 Å². The summed E-state index contributed by atoms with van der Waals surface area (Å²) in [6, 6.07) is -0.410. The van der Waals surface area contributed by atoms with Crippen molar-refractivity contribution in [2.75, 3.05) is 6.54 Å². The van der Waals surface area contributed by atoms with Crippen molar-refractivity contribution in [1.29, 1.82) is 0 Å². The van der Waals surface area contributed by atoms with E-state index in [1.54, 1.807) is 13.8 Å². The van der Waals surface area contributed by atoms with Crippen LogP contribution in [0, 0.1) is 5.92 Å². The fraction of sp³-hybridized carbons (Fsp3) is 0.750. The maximum absolute atomic E-state index is 11.3. The van der Waals surface area contributed by atoms with Gasteiger partial charge in [0.25, 0.3) is 0 Å². The summed E-state index contributed by atoms with van der Waals surface area (Å²) in [6.07, 6.45) is 1.05. The molecular weight excluding hydrogens is 156 g/mol. The lowest BCUT2D eigenvalue weighted by molar-refractivity contribution is -0.126. The Kier molecular flexibility index (Phi) is 5.28. The van der Waals surface area contributed by atoms with Crippen molar-refractivity contribution < 1.29 is 9.59 Å². The van der Waals surface area contributed by atoms with Gasteiger partial charge in [0.1, 0.15) is 0 Å². The van der Waals surface area contributed by atoms with Crippen LogP contribution < -0.4 is 11.1 Å². The van der Waals surface area contributed by atoms with Crippen LogP contribution in [0.4, 0.5) is 0 Å².